The minimum Gasteiger partial charge on any atom is -0.372 e. The Morgan fingerprint density at radius 2 is 2.05 bits per heavy atom. The van der Waals surface area contributed by atoms with Crippen molar-refractivity contribution in [1.82, 2.24) is 19.9 Å². The third-order valence-electron chi connectivity index (χ3n) is 3.62. The lowest BCUT2D eigenvalue weighted by molar-refractivity contribution is 0.684. The number of hydrogen-bond donors (Lipinski definition) is 1. The maximum absolute atomic E-state index is 4.52. The number of aromatic nitrogens is 4. The van der Waals surface area contributed by atoms with Crippen LogP contribution in [0.25, 0.3) is 0 Å². The molecular formula is C14H18N6. The van der Waals surface area contributed by atoms with Crippen LogP contribution < -0.4 is 10.2 Å². The van der Waals surface area contributed by atoms with Crippen LogP contribution in [0.5, 0.6) is 0 Å². The SMILES string of the molecule is CNc1nccnc1C1CCCN1c1cc(C)ncn1. The van der Waals surface area contributed by atoms with E-state index in [1.54, 1.807) is 18.7 Å². The molecule has 6 nitrogen and oxygen atoms in total. The molecule has 2 aromatic rings. The molecule has 3 rings (SSSR count). The summed E-state index contributed by atoms with van der Waals surface area (Å²) in [6, 6.07) is 2.24. The molecule has 1 unspecified atom stereocenters. The predicted octanol–water partition coefficient (Wildman–Crippen LogP) is 1.96. The van der Waals surface area contributed by atoms with E-state index in [-0.39, 0.29) is 6.04 Å². The lowest BCUT2D eigenvalue weighted by atomic mass is 10.1. The van der Waals surface area contributed by atoms with E-state index in [9.17, 15) is 0 Å². The van der Waals surface area contributed by atoms with Crippen molar-refractivity contribution in [3.8, 4) is 0 Å². The number of nitrogens with zero attached hydrogens (tertiary/aromatic N) is 5. The van der Waals surface area contributed by atoms with Gasteiger partial charge in [-0.2, -0.15) is 0 Å². The van der Waals surface area contributed by atoms with Gasteiger partial charge in [0.05, 0.1) is 6.04 Å². The van der Waals surface area contributed by atoms with Crippen LogP contribution in [0.3, 0.4) is 0 Å². The monoisotopic (exact) mass is 270 g/mol. The summed E-state index contributed by atoms with van der Waals surface area (Å²) in [5.41, 5.74) is 1.97. The van der Waals surface area contributed by atoms with E-state index < -0.39 is 0 Å². The summed E-state index contributed by atoms with van der Waals surface area (Å²) < 4.78 is 0. The van der Waals surface area contributed by atoms with Gasteiger partial charge >= 0.3 is 0 Å². The molecule has 0 aromatic carbocycles. The van der Waals surface area contributed by atoms with Crippen LogP contribution in [0.1, 0.15) is 30.3 Å². The molecule has 1 atom stereocenters. The van der Waals surface area contributed by atoms with E-state index in [2.05, 4.69) is 30.2 Å². The van der Waals surface area contributed by atoms with E-state index in [1.807, 2.05) is 20.0 Å². The summed E-state index contributed by atoms with van der Waals surface area (Å²) >= 11 is 0. The van der Waals surface area contributed by atoms with Gasteiger partial charge in [-0.15, -0.1) is 0 Å². The first-order chi connectivity index (χ1) is 9.79. The van der Waals surface area contributed by atoms with Gasteiger partial charge in [0.2, 0.25) is 0 Å². The molecule has 1 saturated heterocycles. The minimum absolute atomic E-state index is 0.223. The van der Waals surface area contributed by atoms with Crippen molar-refractivity contribution in [2.75, 3.05) is 23.8 Å². The van der Waals surface area contributed by atoms with Gasteiger partial charge in [-0.3, -0.25) is 4.98 Å². The van der Waals surface area contributed by atoms with Gasteiger partial charge in [-0.05, 0) is 19.8 Å². The summed E-state index contributed by atoms with van der Waals surface area (Å²) in [6.45, 7) is 2.97. The molecular weight excluding hydrogens is 252 g/mol. The fourth-order valence-electron chi connectivity index (χ4n) is 2.71. The molecule has 0 spiro atoms. The predicted molar refractivity (Wildman–Crippen MR) is 77.7 cm³/mol. The average Bonchev–Trinajstić information content (AvgIpc) is 2.96. The van der Waals surface area contributed by atoms with Crippen molar-refractivity contribution in [3.05, 3.63) is 36.2 Å². The van der Waals surface area contributed by atoms with E-state index >= 15 is 0 Å². The second-order valence-corrected chi connectivity index (χ2v) is 4.91. The van der Waals surface area contributed by atoms with Gasteiger partial charge in [0.1, 0.15) is 23.7 Å². The molecule has 3 heterocycles. The highest BCUT2D eigenvalue weighted by Gasteiger charge is 2.30. The molecule has 0 aliphatic carbocycles. The van der Waals surface area contributed by atoms with Crippen LogP contribution in [0, 0.1) is 6.92 Å². The highest BCUT2D eigenvalue weighted by Crippen LogP contribution is 2.36. The maximum Gasteiger partial charge on any atom is 0.149 e. The normalized spacial score (nSPS) is 18.3. The molecule has 6 heteroatoms. The fraction of sp³-hybridized carbons (Fsp3) is 0.429. The van der Waals surface area contributed by atoms with Crippen LogP contribution in [0.2, 0.25) is 0 Å². The van der Waals surface area contributed by atoms with Gasteiger partial charge in [0.15, 0.2) is 0 Å². The smallest absolute Gasteiger partial charge is 0.149 e. The number of anilines is 2. The Morgan fingerprint density at radius 3 is 2.85 bits per heavy atom. The number of rotatable bonds is 3. The topological polar surface area (TPSA) is 66.8 Å². The first-order valence-corrected chi connectivity index (χ1v) is 6.83. The molecule has 0 radical (unpaired) electrons. The van der Waals surface area contributed by atoms with Gasteiger partial charge < -0.3 is 10.2 Å². The van der Waals surface area contributed by atoms with Crippen molar-refractivity contribution in [2.24, 2.45) is 0 Å². The van der Waals surface area contributed by atoms with Crippen molar-refractivity contribution >= 4 is 11.6 Å². The minimum atomic E-state index is 0.223. The molecule has 1 fully saturated rings. The van der Waals surface area contributed by atoms with Crippen LogP contribution in [-0.4, -0.2) is 33.5 Å². The third kappa shape index (κ3) is 2.29. The summed E-state index contributed by atoms with van der Waals surface area (Å²) in [6.07, 6.45) is 7.28. The standard InChI is InChI=1S/C14H18N6/c1-10-8-12(19-9-18-10)20-7-3-4-11(20)13-14(15-2)17-6-5-16-13/h5-6,8-9,11H,3-4,7H2,1-2H3,(H,15,17). The van der Waals surface area contributed by atoms with E-state index in [1.165, 1.54) is 0 Å². The van der Waals surface area contributed by atoms with Gasteiger partial charge in [0.25, 0.3) is 0 Å². The fourth-order valence-corrected chi connectivity index (χ4v) is 2.71. The lowest BCUT2D eigenvalue weighted by Crippen LogP contribution is -2.25. The van der Waals surface area contributed by atoms with Crippen molar-refractivity contribution in [1.29, 1.82) is 0 Å². The van der Waals surface area contributed by atoms with Gasteiger partial charge in [-0.25, -0.2) is 15.0 Å². The molecule has 0 amide bonds. The number of hydrogen-bond acceptors (Lipinski definition) is 6. The zero-order chi connectivity index (χ0) is 13.9. The molecule has 20 heavy (non-hydrogen) atoms. The summed E-state index contributed by atoms with van der Waals surface area (Å²) in [5, 5.41) is 3.12. The molecule has 1 N–H and O–H groups in total. The number of aryl methyl sites for hydroxylation is 1. The summed E-state index contributed by atoms with van der Waals surface area (Å²) in [4.78, 5) is 19.7. The maximum atomic E-state index is 4.52. The van der Waals surface area contributed by atoms with Crippen molar-refractivity contribution < 1.29 is 0 Å². The quantitative estimate of drug-likeness (QED) is 0.919. The van der Waals surface area contributed by atoms with E-state index in [4.69, 9.17) is 0 Å². The zero-order valence-electron chi connectivity index (χ0n) is 11.7. The lowest BCUT2D eigenvalue weighted by Gasteiger charge is -2.26. The first kappa shape index (κ1) is 12.8. The zero-order valence-corrected chi connectivity index (χ0v) is 11.7. The van der Waals surface area contributed by atoms with Crippen LogP contribution in [0.15, 0.2) is 24.8 Å². The molecule has 104 valence electrons. The Hall–Kier alpha value is -2.24. The second-order valence-electron chi connectivity index (χ2n) is 4.91. The first-order valence-electron chi connectivity index (χ1n) is 6.83. The Bertz CT molecular complexity index is 600. The Balaban J connectivity index is 1.96. The molecule has 1 aliphatic rings. The Morgan fingerprint density at radius 1 is 1.20 bits per heavy atom. The van der Waals surface area contributed by atoms with Crippen molar-refractivity contribution in [2.45, 2.75) is 25.8 Å². The highest BCUT2D eigenvalue weighted by molar-refractivity contribution is 5.49. The van der Waals surface area contributed by atoms with Gasteiger partial charge in [0, 0.05) is 37.7 Å². The van der Waals surface area contributed by atoms with E-state index in [0.717, 1.165) is 42.4 Å². The summed E-state index contributed by atoms with van der Waals surface area (Å²) in [5.74, 6) is 1.81. The largest absolute Gasteiger partial charge is 0.372 e. The molecule has 2 aromatic heterocycles. The molecule has 0 bridgehead atoms. The average molecular weight is 270 g/mol. The highest BCUT2D eigenvalue weighted by atomic mass is 15.2. The third-order valence-corrected chi connectivity index (χ3v) is 3.62. The number of nitrogens with one attached hydrogen (secondary N) is 1. The van der Waals surface area contributed by atoms with Crippen LogP contribution in [0.4, 0.5) is 11.6 Å². The van der Waals surface area contributed by atoms with E-state index in [0.29, 0.717) is 0 Å². The molecule has 0 saturated carbocycles. The Kier molecular flexibility index (Phi) is 3.45. The van der Waals surface area contributed by atoms with Crippen LogP contribution in [-0.2, 0) is 0 Å². The second kappa shape index (κ2) is 5.40. The Labute approximate surface area is 118 Å². The van der Waals surface area contributed by atoms with Crippen LogP contribution >= 0.6 is 0 Å². The summed E-state index contributed by atoms with van der Waals surface area (Å²) in [7, 11) is 1.88. The van der Waals surface area contributed by atoms with Gasteiger partial charge in [-0.1, -0.05) is 0 Å². The molecule has 1 aliphatic heterocycles. The van der Waals surface area contributed by atoms with Crippen molar-refractivity contribution in [3.63, 3.8) is 0 Å².